The van der Waals surface area contributed by atoms with Crippen LogP contribution in [0.5, 0.6) is 5.75 Å². The lowest BCUT2D eigenvalue weighted by molar-refractivity contribution is -0.149. The van der Waals surface area contributed by atoms with Gasteiger partial charge in [-0.3, -0.25) is 0 Å². The van der Waals surface area contributed by atoms with Gasteiger partial charge < -0.3 is 9.47 Å². The third-order valence-electron chi connectivity index (χ3n) is 2.03. The van der Waals surface area contributed by atoms with Gasteiger partial charge in [0.2, 0.25) is 5.28 Å². The van der Waals surface area contributed by atoms with Crippen LogP contribution in [-0.4, -0.2) is 29.2 Å². The smallest absolute Gasteiger partial charge is 0.347 e. The molecule has 1 heterocycles. The number of hydrogen-bond acceptors (Lipinski definition) is 5. The number of hydrogen-bond donors (Lipinski definition) is 0. The second-order valence-corrected chi connectivity index (χ2v) is 4.38. The van der Waals surface area contributed by atoms with Gasteiger partial charge in [0.1, 0.15) is 0 Å². The van der Waals surface area contributed by atoms with E-state index in [2.05, 4.69) is 14.7 Å². The zero-order valence-electron chi connectivity index (χ0n) is 9.74. The third kappa shape index (κ3) is 3.86. The summed E-state index contributed by atoms with van der Waals surface area (Å²) in [6, 6.07) is 0. The van der Waals surface area contributed by atoms with E-state index < -0.39 is 12.1 Å². The Morgan fingerprint density at radius 3 is 2.28 bits per heavy atom. The third-order valence-corrected chi connectivity index (χ3v) is 2.71. The maximum absolute atomic E-state index is 11.5. The minimum absolute atomic E-state index is 0.0200. The molecule has 0 radical (unpaired) electrons. The fourth-order valence-corrected chi connectivity index (χ4v) is 1.96. The lowest BCUT2D eigenvalue weighted by Gasteiger charge is -2.17. The summed E-state index contributed by atoms with van der Waals surface area (Å²) in [6.45, 7) is 1.90. The number of methoxy groups -OCH3 is 1. The van der Waals surface area contributed by atoms with Crippen LogP contribution in [0.2, 0.25) is 15.6 Å². The first-order valence-corrected chi connectivity index (χ1v) is 6.26. The summed E-state index contributed by atoms with van der Waals surface area (Å²) in [5, 5.41) is -0.197. The zero-order valence-corrected chi connectivity index (χ0v) is 12.0. The average molecular weight is 314 g/mol. The van der Waals surface area contributed by atoms with Gasteiger partial charge in [0.15, 0.2) is 22.2 Å². The topological polar surface area (TPSA) is 61.3 Å². The van der Waals surface area contributed by atoms with Crippen molar-refractivity contribution >= 4 is 40.8 Å². The van der Waals surface area contributed by atoms with Crippen molar-refractivity contribution in [3.05, 3.63) is 15.6 Å². The van der Waals surface area contributed by atoms with E-state index in [-0.39, 0.29) is 21.3 Å². The molecule has 1 atom stereocenters. The summed E-state index contributed by atoms with van der Waals surface area (Å²) in [6.07, 6.45) is 0.380. The van der Waals surface area contributed by atoms with Gasteiger partial charge in [-0.25, -0.2) is 14.8 Å². The predicted octanol–water partition coefficient (Wildman–Crippen LogP) is 3.16. The van der Waals surface area contributed by atoms with Crippen LogP contribution < -0.4 is 4.74 Å². The first-order chi connectivity index (χ1) is 8.49. The molecule has 0 saturated heterocycles. The van der Waals surface area contributed by atoms with Crippen molar-refractivity contribution in [2.24, 2.45) is 0 Å². The van der Waals surface area contributed by atoms with Crippen LogP contribution in [-0.2, 0) is 9.53 Å². The Kier molecular flexibility index (Phi) is 5.91. The second-order valence-electron chi connectivity index (χ2n) is 3.32. The highest BCUT2D eigenvalue weighted by Gasteiger charge is 2.24. The largest absolute Gasteiger partial charge is 0.472 e. The van der Waals surface area contributed by atoms with E-state index in [9.17, 15) is 4.79 Å². The normalized spacial score (nSPS) is 12.1. The van der Waals surface area contributed by atoms with Gasteiger partial charge in [-0.2, -0.15) is 0 Å². The van der Waals surface area contributed by atoms with E-state index in [1.165, 1.54) is 7.11 Å². The zero-order chi connectivity index (χ0) is 13.7. The molecule has 0 spiro atoms. The number of nitrogens with zero attached hydrogens (tertiary/aromatic N) is 2. The molecule has 0 fully saturated rings. The first-order valence-electron chi connectivity index (χ1n) is 5.12. The van der Waals surface area contributed by atoms with Gasteiger partial charge in [-0.15, -0.1) is 0 Å². The fraction of sp³-hybridized carbons (Fsp3) is 0.500. The van der Waals surface area contributed by atoms with Gasteiger partial charge in [-0.05, 0) is 18.0 Å². The molecule has 0 aliphatic carbocycles. The summed E-state index contributed by atoms with van der Waals surface area (Å²) in [5.74, 6) is -0.495. The average Bonchev–Trinajstić information content (AvgIpc) is 2.31. The van der Waals surface area contributed by atoms with Crippen LogP contribution in [0.1, 0.15) is 19.8 Å². The SMILES string of the molecule is CCCC(Oc1c(Cl)nc(Cl)nc1Cl)C(=O)OC. The Morgan fingerprint density at radius 1 is 1.28 bits per heavy atom. The molecule has 8 heteroatoms. The molecule has 0 bridgehead atoms. The van der Waals surface area contributed by atoms with Gasteiger partial charge in [-0.1, -0.05) is 36.5 Å². The molecule has 18 heavy (non-hydrogen) atoms. The lowest BCUT2D eigenvalue weighted by Crippen LogP contribution is -2.28. The quantitative estimate of drug-likeness (QED) is 0.475. The molecule has 0 aromatic carbocycles. The molecule has 0 aliphatic heterocycles. The molecular weight excluding hydrogens is 302 g/mol. The number of aromatic nitrogens is 2. The van der Waals surface area contributed by atoms with Crippen LogP contribution in [0.15, 0.2) is 0 Å². The maximum Gasteiger partial charge on any atom is 0.347 e. The van der Waals surface area contributed by atoms with Crippen LogP contribution >= 0.6 is 34.8 Å². The molecule has 0 saturated carbocycles. The predicted molar refractivity (Wildman–Crippen MR) is 68.4 cm³/mol. The van der Waals surface area contributed by atoms with Crippen LogP contribution in [0.3, 0.4) is 0 Å². The standard InChI is InChI=1S/C10H11Cl3N2O3/c1-3-4-5(9(16)17-2)18-6-7(11)14-10(13)15-8(6)12/h5H,3-4H2,1-2H3. The number of esters is 1. The molecule has 100 valence electrons. The molecule has 0 amide bonds. The molecular formula is C10H11Cl3N2O3. The second kappa shape index (κ2) is 6.97. The molecule has 0 N–H and O–H groups in total. The summed E-state index contributed by atoms with van der Waals surface area (Å²) in [4.78, 5) is 18.9. The summed E-state index contributed by atoms with van der Waals surface area (Å²) in [7, 11) is 1.27. The first kappa shape index (κ1) is 15.3. The molecule has 1 aromatic rings. The highest BCUT2D eigenvalue weighted by molar-refractivity contribution is 6.37. The monoisotopic (exact) mass is 312 g/mol. The molecule has 5 nitrogen and oxygen atoms in total. The Hall–Kier alpha value is -0.780. The van der Waals surface area contributed by atoms with Gasteiger partial charge in [0.05, 0.1) is 7.11 Å². The maximum atomic E-state index is 11.5. The van der Waals surface area contributed by atoms with Crippen molar-refractivity contribution in [3.63, 3.8) is 0 Å². The Labute approximate surface area is 119 Å². The summed E-state index contributed by atoms with van der Waals surface area (Å²) >= 11 is 17.2. The number of rotatable bonds is 5. The van der Waals surface area contributed by atoms with E-state index in [4.69, 9.17) is 39.5 Å². The minimum Gasteiger partial charge on any atom is -0.472 e. The van der Waals surface area contributed by atoms with E-state index in [0.29, 0.717) is 6.42 Å². The molecule has 1 aromatic heterocycles. The highest BCUT2D eigenvalue weighted by atomic mass is 35.5. The molecule has 1 unspecified atom stereocenters. The lowest BCUT2D eigenvalue weighted by atomic mass is 10.2. The molecule has 1 rings (SSSR count). The Bertz CT molecular complexity index is 419. The van der Waals surface area contributed by atoms with E-state index >= 15 is 0 Å². The number of halogens is 3. The molecule has 0 aliphatic rings. The van der Waals surface area contributed by atoms with Gasteiger partial charge in [0, 0.05) is 0 Å². The van der Waals surface area contributed by atoms with Gasteiger partial charge in [0.25, 0.3) is 0 Å². The van der Waals surface area contributed by atoms with Crippen molar-refractivity contribution in [1.29, 1.82) is 0 Å². The van der Waals surface area contributed by atoms with Gasteiger partial charge >= 0.3 is 5.97 Å². The van der Waals surface area contributed by atoms with E-state index in [1.54, 1.807) is 0 Å². The Morgan fingerprint density at radius 2 is 1.83 bits per heavy atom. The van der Waals surface area contributed by atoms with Crippen LogP contribution in [0, 0.1) is 0 Å². The van der Waals surface area contributed by atoms with Crippen molar-refractivity contribution in [3.8, 4) is 5.75 Å². The Balaban J connectivity index is 2.97. The van der Waals surface area contributed by atoms with Crippen molar-refractivity contribution in [2.75, 3.05) is 7.11 Å². The fourth-order valence-electron chi connectivity index (χ4n) is 1.23. The number of carbonyl (C=O) groups is 1. The van der Waals surface area contributed by atoms with E-state index in [0.717, 1.165) is 6.42 Å². The summed E-state index contributed by atoms with van der Waals surface area (Å²) in [5.41, 5.74) is 0. The summed E-state index contributed by atoms with van der Waals surface area (Å²) < 4.78 is 10.0. The highest BCUT2D eigenvalue weighted by Crippen LogP contribution is 2.32. The number of carbonyl (C=O) groups excluding carboxylic acids is 1. The van der Waals surface area contributed by atoms with Crippen molar-refractivity contribution in [1.82, 2.24) is 9.97 Å². The van der Waals surface area contributed by atoms with Crippen molar-refractivity contribution in [2.45, 2.75) is 25.9 Å². The van der Waals surface area contributed by atoms with Crippen molar-refractivity contribution < 1.29 is 14.3 Å². The van der Waals surface area contributed by atoms with Crippen LogP contribution in [0.25, 0.3) is 0 Å². The van der Waals surface area contributed by atoms with E-state index in [1.807, 2.05) is 6.92 Å². The minimum atomic E-state index is -0.806. The number of ether oxygens (including phenoxy) is 2. The van der Waals surface area contributed by atoms with Crippen LogP contribution in [0.4, 0.5) is 0 Å².